The molecular weight excluding hydrogens is 322 g/mol. The van der Waals surface area contributed by atoms with E-state index in [4.69, 9.17) is 5.73 Å². The Morgan fingerprint density at radius 2 is 1.84 bits per heavy atom. The van der Waals surface area contributed by atoms with Crippen LogP contribution in [-0.2, 0) is 4.79 Å². The number of benzene rings is 1. The number of piperazine rings is 1. The molecule has 0 aliphatic carbocycles. The summed E-state index contributed by atoms with van der Waals surface area (Å²) in [5, 5.41) is 3.09. The quantitative estimate of drug-likeness (QED) is 0.754. The van der Waals surface area contributed by atoms with Gasteiger partial charge in [0.15, 0.2) is 0 Å². The lowest BCUT2D eigenvalue weighted by Crippen LogP contribution is -2.56. The summed E-state index contributed by atoms with van der Waals surface area (Å²) in [4.78, 5) is 42.1. The van der Waals surface area contributed by atoms with Crippen LogP contribution in [-0.4, -0.2) is 64.9 Å². The van der Waals surface area contributed by atoms with Crippen molar-refractivity contribution in [3.8, 4) is 0 Å². The number of nitrogens with one attached hydrogen (secondary N) is 2. The van der Waals surface area contributed by atoms with Gasteiger partial charge in [-0.05, 0) is 19.1 Å². The molecule has 25 heavy (non-hydrogen) atoms. The van der Waals surface area contributed by atoms with Crippen LogP contribution in [0.4, 0.5) is 4.79 Å². The standard InChI is InChI=1S/C17H21N5O3/c1-11(15(23)20-17(18)25)21-6-8-22(9-7-21)16(24)14-10-12-4-2-3-5-13(12)19-14/h2-5,10-11,19H,6-9H2,1H3,(H3,18,20,23,25)/t11-/m1/s1. The van der Waals surface area contributed by atoms with Crippen LogP contribution in [0.25, 0.3) is 10.9 Å². The summed E-state index contributed by atoms with van der Waals surface area (Å²) in [6.45, 7) is 3.86. The molecule has 1 atom stereocenters. The maximum absolute atomic E-state index is 12.7. The first-order valence-electron chi connectivity index (χ1n) is 8.17. The number of hydrogen-bond donors (Lipinski definition) is 3. The van der Waals surface area contributed by atoms with Crippen molar-refractivity contribution < 1.29 is 14.4 Å². The molecule has 3 rings (SSSR count). The number of primary amides is 1. The van der Waals surface area contributed by atoms with Gasteiger partial charge in [-0.2, -0.15) is 0 Å². The van der Waals surface area contributed by atoms with Crippen molar-refractivity contribution in [1.29, 1.82) is 0 Å². The Morgan fingerprint density at radius 1 is 1.16 bits per heavy atom. The number of carbonyl (C=O) groups is 3. The van der Waals surface area contributed by atoms with E-state index in [9.17, 15) is 14.4 Å². The van der Waals surface area contributed by atoms with E-state index in [1.54, 1.807) is 11.8 Å². The number of nitrogens with zero attached hydrogens (tertiary/aromatic N) is 2. The fourth-order valence-corrected chi connectivity index (χ4v) is 3.06. The van der Waals surface area contributed by atoms with Crippen molar-refractivity contribution in [1.82, 2.24) is 20.1 Å². The van der Waals surface area contributed by atoms with Crippen molar-refractivity contribution in [2.75, 3.05) is 26.2 Å². The number of para-hydroxylation sites is 1. The minimum absolute atomic E-state index is 0.0508. The normalized spacial score (nSPS) is 16.6. The molecule has 0 spiro atoms. The Hall–Kier alpha value is -2.87. The molecule has 1 fully saturated rings. The minimum atomic E-state index is -0.857. The van der Waals surface area contributed by atoms with E-state index in [2.05, 4.69) is 10.3 Å². The Labute approximate surface area is 144 Å². The molecule has 1 aromatic carbocycles. The zero-order chi connectivity index (χ0) is 18.0. The number of aromatic nitrogens is 1. The van der Waals surface area contributed by atoms with Crippen molar-refractivity contribution >= 4 is 28.7 Å². The van der Waals surface area contributed by atoms with Crippen molar-refractivity contribution in [2.24, 2.45) is 5.73 Å². The molecule has 8 nitrogen and oxygen atoms in total. The number of H-pyrrole nitrogens is 1. The molecule has 8 heteroatoms. The summed E-state index contributed by atoms with van der Waals surface area (Å²) >= 11 is 0. The van der Waals surface area contributed by atoms with Crippen LogP contribution in [0, 0.1) is 0 Å². The van der Waals surface area contributed by atoms with Gasteiger partial charge in [-0.25, -0.2) is 4.79 Å². The van der Waals surface area contributed by atoms with Gasteiger partial charge in [0, 0.05) is 37.1 Å². The van der Waals surface area contributed by atoms with E-state index in [0.29, 0.717) is 31.9 Å². The Morgan fingerprint density at radius 3 is 2.48 bits per heavy atom. The van der Waals surface area contributed by atoms with Crippen LogP contribution >= 0.6 is 0 Å². The topological polar surface area (TPSA) is 112 Å². The predicted molar refractivity (Wildman–Crippen MR) is 93.0 cm³/mol. The van der Waals surface area contributed by atoms with Gasteiger partial charge in [0.25, 0.3) is 5.91 Å². The summed E-state index contributed by atoms with van der Waals surface area (Å²) in [6.07, 6.45) is 0. The summed E-state index contributed by atoms with van der Waals surface area (Å²) in [7, 11) is 0. The highest BCUT2D eigenvalue weighted by Crippen LogP contribution is 2.17. The Kier molecular flexibility index (Phi) is 4.71. The van der Waals surface area contributed by atoms with Gasteiger partial charge in [-0.3, -0.25) is 19.8 Å². The summed E-state index contributed by atoms with van der Waals surface area (Å²) in [6, 6.07) is 8.27. The van der Waals surface area contributed by atoms with E-state index in [1.165, 1.54) is 0 Å². The highest BCUT2D eigenvalue weighted by Gasteiger charge is 2.28. The Bertz CT molecular complexity index is 774. The van der Waals surface area contributed by atoms with Gasteiger partial charge >= 0.3 is 6.03 Å². The number of hydrogen-bond acceptors (Lipinski definition) is 4. The number of imide groups is 1. The summed E-state index contributed by atoms with van der Waals surface area (Å²) < 4.78 is 0. The largest absolute Gasteiger partial charge is 0.351 e. The summed E-state index contributed by atoms with van der Waals surface area (Å²) in [5.74, 6) is -0.479. The average Bonchev–Trinajstić information content (AvgIpc) is 3.04. The molecule has 2 aromatic rings. The molecule has 1 aliphatic heterocycles. The minimum Gasteiger partial charge on any atom is -0.351 e. The maximum Gasteiger partial charge on any atom is 0.318 e. The fourth-order valence-electron chi connectivity index (χ4n) is 3.06. The molecule has 0 radical (unpaired) electrons. The lowest BCUT2D eigenvalue weighted by atomic mass is 10.2. The molecule has 0 unspecified atom stereocenters. The smallest absolute Gasteiger partial charge is 0.318 e. The lowest BCUT2D eigenvalue weighted by Gasteiger charge is -2.37. The third kappa shape index (κ3) is 3.63. The first-order chi connectivity index (χ1) is 12.0. The highest BCUT2D eigenvalue weighted by atomic mass is 16.2. The van der Waals surface area contributed by atoms with E-state index in [-0.39, 0.29) is 5.91 Å². The molecule has 0 saturated carbocycles. The molecule has 2 heterocycles. The van der Waals surface area contributed by atoms with Gasteiger partial charge in [-0.15, -0.1) is 0 Å². The zero-order valence-electron chi connectivity index (χ0n) is 14.0. The Balaban J connectivity index is 1.60. The van der Waals surface area contributed by atoms with E-state index in [0.717, 1.165) is 10.9 Å². The molecule has 0 bridgehead atoms. The average molecular weight is 343 g/mol. The molecule has 1 aliphatic rings. The van der Waals surface area contributed by atoms with Crippen LogP contribution in [0.2, 0.25) is 0 Å². The predicted octanol–water partition coefficient (Wildman–Crippen LogP) is 0.509. The number of carbonyl (C=O) groups excluding carboxylic acids is 3. The summed E-state index contributed by atoms with van der Waals surface area (Å²) in [5.41, 5.74) is 6.47. The number of amides is 4. The second-order valence-electron chi connectivity index (χ2n) is 6.13. The highest BCUT2D eigenvalue weighted by molar-refractivity contribution is 5.98. The molecule has 4 N–H and O–H groups in total. The first kappa shape index (κ1) is 17.0. The number of aromatic amines is 1. The van der Waals surface area contributed by atoms with E-state index < -0.39 is 18.0 Å². The van der Waals surface area contributed by atoms with Gasteiger partial charge in [0.2, 0.25) is 5.91 Å². The van der Waals surface area contributed by atoms with Crippen LogP contribution in [0.15, 0.2) is 30.3 Å². The number of fused-ring (bicyclic) bond motifs is 1. The lowest BCUT2D eigenvalue weighted by molar-refractivity contribution is -0.125. The maximum atomic E-state index is 12.7. The molecular formula is C17H21N5O3. The van der Waals surface area contributed by atoms with E-state index in [1.807, 2.05) is 35.2 Å². The van der Waals surface area contributed by atoms with Crippen LogP contribution in [0.3, 0.4) is 0 Å². The zero-order valence-corrected chi connectivity index (χ0v) is 14.0. The second-order valence-corrected chi connectivity index (χ2v) is 6.13. The van der Waals surface area contributed by atoms with Crippen molar-refractivity contribution in [2.45, 2.75) is 13.0 Å². The monoisotopic (exact) mass is 343 g/mol. The van der Waals surface area contributed by atoms with Crippen LogP contribution < -0.4 is 11.1 Å². The number of rotatable bonds is 3. The second kappa shape index (κ2) is 6.94. The van der Waals surface area contributed by atoms with Crippen molar-refractivity contribution in [3.63, 3.8) is 0 Å². The SMILES string of the molecule is C[C@H](C(=O)NC(N)=O)N1CCN(C(=O)c2cc3ccccc3[nH]2)CC1. The third-order valence-electron chi connectivity index (χ3n) is 4.54. The molecule has 1 aromatic heterocycles. The number of urea groups is 1. The van der Waals surface area contributed by atoms with Gasteiger partial charge in [0.05, 0.1) is 6.04 Å². The third-order valence-corrected chi connectivity index (χ3v) is 4.54. The molecule has 4 amide bonds. The van der Waals surface area contributed by atoms with Gasteiger partial charge < -0.3 is 15.6 Å². The van der Waals surface area contributed by atoms with Crippen LogP contribution in [0.1, 0.15) is 17.4 Å². The first-order valence-corrected chi connectivity index (χ1v) is 8.17. The fraction of sp³-hybridized carbons (Fsp3) is 0.353. The van der Waals surface area contributed by atoms with Crippen LogP contribution in [0.5, 0.6) is 0 Å². The van der Waals surface area contributed by atoms with Crippen molar-refractivity contribution in [3.05, 3.63) is 36.0 Å². The molecule has 132 valence electrons. The van der Waals surface area contributed by atoms with Gasteiger partial charge in [0.1, 0.15) is 5.69 Å². The van der Waals surface area contributed by atoms with Gasteiger partial charge in [-0.1, -0.05) is 18.2 Å². The number of nitrogens with two attached hydrogens (primary N) is 1. The van der Waals surface area contributed by atoms with E-state index >= 15 is 0 Å². The molecule has 1 saturated heterocycles.